The Balaban J connectivity index is 1.46. The number of nitrogens with zero attached hydrogens (tertiary/aromatic N) is 3. The molecule has 0 unspecified atom stereocenters. The van der Waals surface area contributed by atoms with E-state index >= 15 is 0 Å². The first-order valence-corrected chi connectivity index (χ1v) is 7.90. The molecule has 0 spiro atoms. The van der Waals surface area contributed by atoms with Gasteiger partial charge in [-0.3, -0.25) is 9.80 Å². The number of aliphatic hydroxyl groups is 1. The lowest BCUT2D eigenvalue weighted by molar-refractivity contribution is 0.0670. The van der Waals surface area contributed by atoms with E-state index in [1.807, 2.05) is 13.0 Å². The van der Waals surface area contributed by atoms with Crippen LogP contribution in [0.4, 0.5) is 4.39 Å². The Bertz CT molecular complexity index is 621. The third kappa shape index (κ3) is 4.37. The average molecular weight is 319 g/mol. The van der Waals surface area contributed by atoms with Crippen LogP contribution in [0.2, 0.25) is 0 Å². The Morgan fingerprint density at radius 3 is 2.43 bits per heavy atom. The van der Waals surface area contributed by atoms with Gasteiger partial charge in [-0.1, -0.05) is 17.3 Å². The van der Waals surface area contributed by atoms with E-state index in [1.54, 1.807) is 12.1 Å². The maximum atomic E-state index is 12.9. The van der Waals surface area contributed by atoms with Crippen molar-refractivity contribution in [1.29, 1.82) is 0 Å². The molecule has 0 bridgehead atoms. The van der Waals surface area contributed by atoms with Gasteiger partial charge in [0.15, 0.2) is 5.76 Å². The highest BCUT2D eigenvalue weighted by Gasteiger charge is 2.20. The molecular weight excluding hydrogens is 297 g/mol. The van der Waals surface area contributed by atoms with Crippen molar-refractivity contribution < 1.29 is 14.0 Å². The molecule has 3 rings (SSSR count). The van der Waals surface area contributed by atoms with Gasteiger partial charge in [0.25, 0.3) is 0 Å². The normalized spacial score (nSPS) is 18.2. The van der Waals surface area contributed by atoms with Crippen molar-refractivity contribution >= 4 is 0 Å². The predicted octanol–water partition coefficient (Wildman–Crippen LogP) is 1.97. The highest BCUT2D eigenvalue weighted by atomic mass is 19.1. The van der Waals surface area contributed by atoms with Gasteiger partial charge in [0.05, 0.1) is 18.3 Å². The van der Waals surface area contributed by atoms with E-state index in [4.69, 9.17) is 4.52 Å². The molecule has 1 aliphatic heterocycles. The van der Waals surface area contributed by atoms with Crippen LogP contribution in [0, 0.1) is 12.7 Å². The van der Waals surface area contributed by atoms with E-state index in [0.29, 0.717) is 6.54 Å². The van der Waals surface area contributed by atoms with Gasteiger partial charge >= 0.3 is 0 Å². The van der Waals surface area contributed by atoms with Crippen molar-refractivity contribution in [2.45, 2.75) is 19.6 Å². The molecule has 5 nitrogen and oxygen atoms in total. The van der Waals surface area contributed by atoms with Gasteiger partial charge in [-0.25, -0.2) is 4.39 Å². The summed E-state index contributed by atoms with van der Waals surface area (Å²) in [7, 11) is 0. The lowest BCUT2D eigenvalue weighted by Crippen LogP contribution is -2.47. The number of piperazine rings is 1. The number of aryl methyl sites for hydroxylation is 1. The Kier molecular flexibility index (Phi) is 5.05. The van der Waals surface area contributed by atoms with Gasteiger partial charge in [0.1, 0.15) is 5.82 Å². The monoisotopic (exact) mass is 319 g/mol. The maximum Gasteiger partial charge on any atom is 0.150 e. The first-order valence-electron chi connectivity index (χ1n) is 7.90. The first kappa shape index (κ1) is 16.1. The minimum Gasteiger partial charge on any atom is -0.387 e. The van der Waals surface area contributed by atoms with Crippen LogP contribution in [0.3, 0.4) is 0 Å². The molecule has 0 radical (unpaired) electrons. The lowest BCUT2D eigenvalue weighted by Gasteiger charge is -2.35. The highest BCUT2D eigenvalue weighted by molar-refractivity contribution is 5.18. The summed E-state index contributed by atoms with van der Waals surface area (Å²) in [5, 5.41) is 14.2. The van der Waals surface area contributed by atoms with Crippen molar-refractivity contribution in [2.75, 3.05) is 32.7 Å². The summed E-state index contributed by atoms with van der Waals surface area (Å²) in [5.41, 5.74) is 1.66. The summed E-state index contributed by atoms with van der Waals surface area (Å²) in [6, 6.07) is 8.02. The lowest BCUT2D eigenvalue weighted by atomic mass is 10.1. The van der Waals surface area contributed by atoms with E-state index in [1.165, 1.54) is 12.1 Å². The van der Waals surface area contributed by atoms with Crippen LogP contribution >= 0.6 is 0 Å². The van der Waals surface area contributed by atoms with Crippen LogP contribution < -0.4 is 0 Å². The second-order valence-electron chi connectivity index (χ2n) is 6.08. The molecule has 1 N–H and O–H groups in total. The SMILES string of the molecule is Cc1cc(CN2CCN(C[C@H](O)c3ccc(F)cc3)CC2)on1. The molecule has 1 aliphatic rings. The average Bonchev–Trinajstić information content (AvgIpc) is 2.95. The van der Waals surface area contributed by atoms with Crippen LogP contribution in [0.15, 0.2) is 34.9 Å². The van der Waals surface area contributed by atoms with Crippen LogP contribution in [0.1, 0.15) is 23.1 Å². The quantitative estimate of drug-likeness (QED) is 0.913. The summed E-state index contributed by atoms with van der Waals surface area (Å²) in [6.45, 7) is 6.90. The number of aliphatic hydroxyl groups excluding tert-OH is 1. The highest BCUT2D eigenvalue weighted by Crippen LogP contribution is 2.16. The first-order chi connectivity index (χ1) is 11.1. The summed E-state index contributed by atoms with van der Waals surface area (Å²) in [5.74, 6) is 0.611. The number of hydrogen-bond donors (Lipinski definition) is 1. The van der Waals surface area contributed by atoms with Gasteiger partial charge in [0, 0.05) is 38.8 Å². The van der Waals surface area contributed by atoms with Crippen molar-refractivity contribution in [3.05, 3.63) is 53.2 Å². The number of rotatable bonds is 5. The summed E-state index contributed by atoms with van der Waals surface area (Å²) >= 11 is 0. The van der Waals surface area contributed by atoms with Crippen LogP contribution in [-0.2, 0) is 6.54 Å². The zero-order valence-corrected chi connectivity index (χ0v) is 13.3. The van der Waals surface area contributed by atoms with Crippen molar-refractivity contribution in [3.63, 3.8) is 0 Å². The number of β-amino-alcohol motifs (C(OH)–C–C–N with tert-alkyl or cyclic N) is 1. The number of hydrogen-bond acceptors (Lipinski definition) is 5. The number of benzene rings is 1. The van der Waals surface area contributed by atoms with Gasteiger partial charge in [0.2, 0.25) is 0 Å². The Morgan fingerprint density at radius 1 is 1.17 bits per heavy atom. The summed E-state index contributed by atoms with van der Waals surface area (Å²) < 4.78 is 18.2. The Hall–Kier alpha value is -1.76. The van der Waals surface area contributed by atoms with E-state index in [9.17, 15) is 9.50 Å². The Morgan fingerprint density at radius 2 is 1.83 bits per heavy atom. The molecule has 1 atom stereocenters. The molecule has 23 heavy (non-hydrogen) atoms. The zero-order chi connectivity index (χ0) is 16.2. The van der Waals surface area contributed by atoms with Crippen molar-refractivity contribution in [3.8, 4) is 0 Å². The molecular formula is C17H22FN3O2. The van der Waals surface area contributed by atoms with Crippen LogP contribution in [0.5, 0.6) is 0 Å². The van der Waals surface area contributed by atoms with Crippen LogP contribution in [-0.4, -0.2) is 52.8 Å². The van der Waals surface area contributed by atoms with Gasteiger partial charge in [-0.15, -0.1) is 0 Å². The zero-order valence-electron chi connectivity index (χ0n) is 13.3. The van der Waals surface area contributed by atoms with Gasteiger partial charge in [-0.2, -0.15) is 0 Å². The molecule has 0 saturated carbocycles. The van der Waals surface area contributed by atoms with E-state index in [0.717, 1.165) is 49.7 Å². The molecule has 1 aromatic carbocycles. The fourth-order valence-electron chi connectivity index (χ4n) is 2.88. The molecule has 6 heteroatoms. The third-order valence-electron chi connectivity index (χ3n) is 4.21. The van der Waals surface area contributed by atoms with Gasteiger partial charge in [-0.05, 0) is 24.6 Å². The minimum absolute atomic E-state index is 0.280. The fourth-order valence-corrected chi connectivity index (χ4v) is 2.88. The minimum atomic E-state index is -0.584. The molecule has 1 saturated heterocycles. The van der Waals surface area contributed by atoms with E-state index in [2.05, 4.69) is 15.0 Å². The number of halogens is 1. The molecule has 0 amide bonds. The second kappa shape index (κ2) is 7.21. The number of aromatic nitrogens is 1. The second-order valence-corrected chi connectivity index (χ2v) is 6.08. The molecule has 1 aromatic heterocycles. The smallest absolute Gasteiger partial charge is 0.150 e. The van der Waals surface area contributed by atoms with E-state index < -0.39 is 6.10 Å². The van der Waals surface area contributed by atoms with Crippen molar-refractivity contribution in [1.82, 2.24) is 15.0 Å². The fraction of sp³-hybridized carbons (Fsp3) is 0.471. The van der Waals surface area contributed by atoms with Crippen LogP contribution in [0.25, 0.3) is 0 Å². The van der Waals surface area contributed by atoms with E-state index in [-0.39, 0.29) is 5.82 Å². The third-order valence-corrected chi connectivity index (χ3v) is 4.21. The summed E-state index contributed by atoms with van der Waals surface area (Å²) in [4.78, 5) is 4.55. The Labute approximate surface area is 135 Å². The molecule has 124 valence electrons. The topological polar surface area (TPSA) is 52.7 Å². The predicted molar refractivity (Wildman–Crippen MR) is 84.3 cm³/mol. The van der Waals surface area contributed by atoms with Crippen molar-refractivity contribution in [2.24, 2.45) is 0 Å². The standard InChI is InChI=1S/C17H22FN3O2/c1-13-10-16(23-19-13)11-20-6-8-21(9-7-20)12-17(22)14-2-4-15(18)5-3-14/h2-5,10,17,22H,6-9,11-12H2,1H3/t17-/m0/s1. The molecule has 2 aromatic rings. The molecule has 2 heterocycles. The summed E-state index contributed by atoms with van der Waals surface area (Å²) in [6.07, 6.45) is -0.584. The largest absolute Gasteiger partial charge is 0.387 e. The molecule has 1 fully saturated rings. The van der Waals surface area contributed by atoms with Gasteiger partial charge < -0.3 is 9.63 Å². The molecule has 0 aliphatic carbocycles. The maximum absolute atomic E-state index is 12.9.